The van der Waals surface area contributed by atoms with Crippen molar-refractivity contribution in [2.24, 2.45) is 18.0 Å². The van der Waals surface area contributed by atoms with Crippen molar-refractivity contribution >= 4 is 29.9 Å². The molecule has 2 aromatic rings. The largest absolute Gasteiger partial charge is 0.444 e. The van der Waals surface area contributed by atoms with Crippen LogP contribution in [0.25, 0.3) is 0 Å². The number of rotatable bonds is 5. The van der Waals surface area contributed by atoms with Crippen LogP contribution in [0.2, 0.25) is 0 Å². The van der Waals surface area contributed by atoms with Crippen molar-refractivity contribution < 1.29 is 4.42 Å². The average Bonchev–Trinajstić information content (AvgIpc) is 3.45. The number of aromatic nitrogens is 3. The molecule has 0 saturated carbocycles. The van der Waals surface area contributed by atoms with Gasteiger partial charge in [0.25, 0.3) is 0 Å². The summed E-state index contributed by atoms with van der Waals surface area (Å²) < 4.78 is 7.64. The number of aryl methyl sites for hydroxylation is 3. The second kappa shape index (κ2) is 10.8. The topological polar surface area (TPSA) is 74.7 Å². The van der Waals surface area contributed by atoms with E-state index in [1.807, 2.05) is 38.8 Å². The molecule has 1 unspecified atom stereocenters. The van der Waals surface area contributed by atoms with E-state index in [9.17, 15) is 0 Å². The van der Waals surface area contributed by atoms with E-state index < -0.39 is 0 Å². The summed E-state index contributed by atoms with van der Waals surface area (Å²) in [5, 5.41) is 7.96. The molecule has 0 aromatic carbocycles. The van der Waals surface area contributed by atoms with Gasteiger partial charge in [-0.15, -0.1) is 24.0 Å². The molecule has 8 nitrogen and oxygen atoms in total. The molecule has 2 aromatic heterocycles. The van der Waals surface area contributed by atoms with E-state index >= 15 is 0 Å². The van der Waals surface area contributed by atoms with Gasteiger partial charge in [-0.1, -0.05) is 0 Å². The molecule has 2 aliphatic rings. The first-order chi connectivity index (χ1) is 14.5. The zero-order valence-electron chi connectivity index (χ0n) is 19.2. The molecule has 1 atom stereocenters. The maximum atomic E-state index is 5.74. The van der Waals surface area contributed by atoms with Gasteiger partial charge in [0.1, 0.15) is 5.76 Å². The van der Waals surface area contributed by atoms with E-state index in [-0.39, 0.29) is 24.0 Å². The Hall–Kier alpha value is -1.62. The highest BCUT2D eigenvalue weighted by molar-refractivity contribution is 14.0. The zero-order chi connectivity index (χ0) is 21.1. The molecule has 2 saturated heterocycles. The number of aliphatic imine (C=N–C) groups is 1. The first-order valence-corrected chi connectivity index (χ1v) is 11.1. The van der Waals surface area contributed by atoms with E-state index in [2.05, 4.69) is 36.4 Å². The minimum absolute atomic E-state index is 0. The van der Waals surface area contributed by atoms with Crippen LogP contribution in [0.4, 0.5) is 0 Å². The van der Waals surface area contributed by atoms with Crippen molar-refractivity contribution in [2.45, 2.75) is 45.6 Å². The van der Waals surface area contributed by atoms with Crippen LogP contribution in [0, 0.1) is 19.8 Å². The van der Waals surface area contributed by atoms with Crippen molar-refractivity contribution in [3.63, 3.8) is 0 Å². The fourth-order valence-electron chi connectivity index (χ4n) is 4.59. The summed E-state index contributed by atoms with van der Waals surface area (Å²) in [6, 6.07) is 0. The van der Waals surface area contributed by atoms with E-state index in [0.29, 0.717) is 11.8 Å². The summed E-state index contributed by atoms with van der Waals surface area (Å²) >= 11 is 0. The maximum absolute atomic E-state index is 5.74. The number of hydrogen-bond acceptors (Lipinski definition) is 5. The van der Waals surface area contributed by atoms with Gasteiger partial charge >= 0.3 is 0 Å². The number of nitrogens with zero attached hydrogens (tertiary/aromatic N) is 6. The molecular formula is C22H36IN7O. The number of halogens is 1. The lowest BCUT2D eigenvalue weighted by Crippen LogP contribution is -2.44. The fraction of sp³-hybridized carbons (Fsp3) is 0.682. The highest BCUT2D eigenvalue weighted by Gasteiger charge is 2.28. The van der Waals surface area contributed by atoms with Crippen molar-refractivity contribution in [1.82, 2.24) is 29.9 Å². The summed E-state index contributed by atoms with van der Waals surface area (Å²) in [4.78, 5) is 13.9. The molecule has 1 N–H and O–H groups in total. The Morgan fingerprint density at radius 1 is 1.23 bits per heavy atom. The zero-order valence-corrected chi connectivity index (χ0v) is 21.5. The lowest BCUT2D eigenvalue weighted by Gasteiger charge is -2.32. The summed E-state index contributed by atoms with van der Waals surface area (Å²) in [5.74, 6) is 4.04. The number of guanidine groups is 1. The predicted octanol–water partition coefficient (Wildman–Crippen LogP) is 2.92. The van der Waals surface area contributed by atoms with Gasteiger partial charge < -0.3 is 14.6 Å². The molecule has 0 radical (unpaired) electrons. The van der Waals surface area contributed by atoms with Crippen molar-refractivity contribution in [2.75, 3.05) is 39.8 Å². The SMILES string of the molecule is CN=C(NCC1CCN(Cc2nc(C)c(C)o2)CC1)N1CCC(c2cnn(C)c2)C1.I. The molecule has 172 valence electrons. The van der Waals surface area contributed by atoms with E-state index in [0.717, 1.165) is 69.0 Å². The van der Waals surface area contributed by atoms with E-state index in [4.69, 9.17) is 4.42 Å². The van der Waals surface area contributed by atoms with E-state index in [1.165, 1.54) is 18.4 Å². The first-order valence-electron chi connectivity index (χ1n) is 11.1. The van der Waals surface area contributed by atoms with Gasteiger partial charge in [-0.3, -0.25) is 14.6 Å². The van der Waals surface area contributed by atoms with Crippen LogP contribution in [-0.4, -0.2) is 70.3 Å². The summed E-state index contributed by atoms with van der Waals surface area (Å²) in [6.07, 6.45) is 7.69. The molecular weight excluding hydrogens is 505 g/mol. The first kappa shape index (κ1) is 24.0. The summed E-state index contributed by atoms with van der Waals surface area (Å²) in [5.41, 5.74) is 2.34. The lowest BCUT2D eigenvalue weighted by molar-refractivity contribution is 0.163. The van der Waals surface area contributed by atoms with Crippen LogP contribution in [0.1, 0.15) is 48.1 Å². The molecule has 2 fully saturated rings. The minimum atomic E-state index is 0. The molecule has 0 bridgehead atoms. The maximum Gasteiger partial charge on any atom is 0.208 e. The van der Waals surface area contributed by atoms with Crippen molar-refractivity contribution in [1.29, 1.82) is 0 Å². The molecule has 4 heterocycles. The van der Waals surface area contributed by atoms with Gasteiger partial charge in [0.05, 0.1) is 18.4 Å². The second-order valence-electron chi connectivity index (χ2n) is 8.78. The van der Waals surface area contributed by atoms with Gasteiger partial charge in [-0.2, -0.15) is 5.10 Å². The van der Waals surface area contributed by atoms with Crippen LogP contribution in [0.3, 0.4) is 0 Å². The predicted molar refractivity (Wildman–Crippen MR) is 133 cm³/mol. The number of hydrogen-bond donors (Lipinski definition) is 1. The standard InChI is InChI=1S/C22H35N7O.HI/c1-16-17(2)30-21(26-16)15-28-8-5-18(6-9-28)11-24-22(23-3)29-10-7-19(14-29)20-12-25-27(4)13-20;/h12-13,18-19H,5-11,14-15H2,1-4H3,(H,23,24);1H. The number of nitrogens with one attached hydrogen (secondary N) is 1. The Bertz CT molecular complexity index is 850. The molecule has 2 aliphatic heterocycles. The van der Waals surface area contributed by atoms with Crippen LogP contribution in [0.5, 0.6) is 0 Å². The van der Waals surface area contributed by atoms with Crippen molar-refractivity contribution in [3.05, 3.63) is 35.3 Å². The van der Waals surface area contributed by atoms with Crippen LogP contribution in [0.15, 0.2) is 21.8 Å². The van der Waals surface area contributed by atoms with Crippen LogP contribution < -0.4 is 5.32 Å². The second-order valence-corrected chi connectivity index (χ2v) is 8.78. The van der Waals surface area contributed by atoms with Gasteiger partial charge in [0, 0.05) is 45.8 Å². The third kappa shape index (κ3) is 6.00. The Balaban J connectivity index is 0.00000272. The normalized spacial score (nSPS) is 20.8. The smallest absolute Gasteiger partial charge is 0.208 e. The van der Waals surface area contributed by atoms with Crippen molar-refractivity contribution in [3.8, 4) is 0 Å². The summed E-state index contributed by atoms with van der Waals surface area (Å²) in [6.45, 7) is 10.1. The van der Waals surface area contributed by atoms with Gasteiger partial charge in [0.15, 0.2) is 5.96 Å². The fourth-order valence-corrected chi connectivity index (χ4v) is 4.59. The van der Waals surface area contributed by atoms with Gasteiger partial charge in [0.2, 0.25) is 5.89 Å². The third-order valence-electron chi connectivity index (χ3n) is 6.58. The number of likely N-dealkylation sites (tertiary alicyclic amines) is 2. The lowest BCUT2D eigenvalue weighted by atomic mass is 9.97. The Labute approximate surface area is 202 Å². The molecule has 4 rings (SSSR count). The van der Waals surface area contributed by atoms with Gasteiger partial charge in [-0.05, 0) is 57.7 Å². The highest BCUT2D eigenvalue weighted by atomic mass is 127. The molecule has 0 amide bonds. The average molecular weight is 541 g/mol. The molecule has 0 spiro atoms. The van der Waals surface area contributed by atoms with Gasteiger partial charge in [-0.25, -0.2) is 4.98 Å². The molecule has 9 heteroatoms. The molecule has 31 heavy (non-hydrogen) atoms. The highest BCUT2D eigenvalue weighted by Crippen LogP contribution is 2.27. The Morgan fingerprint density at radius 3 is 2.61 bits per heavy atom. The number of piperidine rings is 1. The van der Waals surface area contributed by atoms with Crippen LogP contribution in [-0.2, 0) is 13.6 Å². The Kier molecular flexibility index (Phi) is 8.37. The Morgan fingerprint density at radius 2 is 2.00 bits per heavy atom. The summed E-state index contributed by atoms with van der Waals surface area (Å²) in [7, 11) is 3.87. The quantitative estimate of drug-likeness (QED) is 0.357. The molecule has 0 aliphatic carbocycles. The van der Waals surface area contributed by atoms with Crippen LogP contribution >= 0.6 is 24.0 Å². The minimum Gasteiger partial charge on any atom is -0.444 e. The third-order valence-corrected chi connectivity index (χ3v) is 6.58. The monoisotopic (exact) mass is 541 g/mol. The van der Waals surface area contributed by atoms with E-state index in [1.54, 1.807) is 0 Å². The number of oxazole rings is 1.